The number of hydrazine groups is 1. The topological polar surface area (TPSA) is 50.9 Å². The van der Waals surface area contributed by atoms with Gasteiger partial charge in [-0.3, -0.25) is 16.3 Å². The van der Waals surface area contributed by atoms with E-state index in [0.29, 0.717) is 5.92 Å². The van der Waals surface area contributed by atoms with Gasteiger partial charge < -0.3 is 0 Å². The number of nitrogens with zero attached hydrogens (tertiary/aromatic N) is 1. The summed E-state index contributed by atoms with van der Waals surface area (Å²) in [4.78, 5) is 5.30. The second-order valence-corrected chi connectivity index (χ2v) is 4.04. The first-order chi connectivity index (χ1) is 6.33. The molecule has 74 valence electrons. The van der Waals surface area contributed by atoms with Gasteiger partial charge in [-0.25, -0.2) is 0 Å². The summed E-state index contributed by atoms with van der Waals surface area (Å²) in [6.07, 6.45) is 4.18. The van der Waals surface area contributed by atoms with Gasteiger partial charge in [0.1, 0.15) is 0 Å². The minimum atomic E-state index is 0.266. The molecule has 0 saturated heterocycles. The molecule has 1 aromatic rings. The molecule has 0 aliphatic carbocycles. The lowest BCUT2D eigenvalue weighted by Crippen LogP contribution is -2.32. The molecule has 0 radical (unpaired) electrons. The van der Waals surface area contributed by atoms with E-state index in [1.807, 2.05) is 11.7 Å². The van der Waals surface area contributed by atoms with Crippen LogP contribution in [0.2, 0.25) is 0 Å². The molecule has 0 aliphatic rings. The summed E-state index contributed by atoms with van der Waals surface area (Å²) in [5.41, 5.74) is 4.73. The van der Waals surface area contributed by atoms with Crippen LogP contribution in [-0.4, -0.2) is 4.98 Å². The number of nitrogens with one attached hydrogen (secondary N) is 1. The monoisotopic (exact) mass is 199 g/mol. The zero-order chi connectivity index (χ0) is 9.68. The molecule has 3 nitrogen and oxygen atoms in total. The summed E-state index contributed by atoms with van der Waals surface area (Å²) < 4.78 is 0. The van der Waals surface area contributed by atoms with E-state index in [1.165, 1.54) is 4.88 Å². The molecule has 4 heteroatoms. The highest BCUT2D eigenvalue weighted by Gasteiger charge is 2.19. The molecule has 1 heterocycles. The first-order valence-electron chi connectivity index (χ1n) is 4.67. The van der Waals surface area contributed by atoms with E-state index in [2.05, 4.69) is 24.3 Å². The van der Waals surface area contributed by atoms with Gasteiger partial charge in [0.25, 0.3) is 0 Å². The fourth-order valence-electron chi connectivity index (χ4n) is 1.59. The SMILES string of the molecule is CCC(CC)C(NN)c1cncs1. The van der Waals surface area contributed by atoms with Gasteiger partial charge in [0, 0.05) is 11.1 Å². The van der Waals surface area contributed by atoms with Crippen LogP contribution in [0, 0.1) is 5.92 Å². The van der Waals surface area contributed by atoms with Gasteiger partial charge in [0.15, 0.2) is 0 Å². The summed E-state index contributed by atoms with van der Waals surface area (Å²) in [6.45, 7) is 4.39. The van der Waals surface area contributed by atoms with Crippen LogP contribution >= 0.6 is 11.3 Å². The van der Waals surface area contributed by atoms with E-state index >= 15 is 0 Å². The maximum absolute atomic E-state index is 5.54. The lowest BCUT2D eigenvalue weighted by atomic mass is 9.94. The third-order valence-electron chi connectivity index (χ3n) is 2.46. The average molecular weight is 199 g/mol. The van der Waals surface area contributed by atoms with Crippen LogP contribution in [-0.2, 0) is 0 Å². The van der Waals surface area contributed by atoms with Crippen LogP contribution in [0.4, 0.5) is 0 Å². The van der Waals surface area contributed by atoms with Gasteiger partial charge in [-0.15, -0.1) is 11.3 Å². The van der Waals surface area contributed by atoms with Gasteiger partial charge in [-0.05, 0) is 5.92 Å². The Morgan fingerprint density at radius 1 is 1.54 bits per heavy atom. The summed E-state index contributed by atoms with van der Waals surface area (Å²) in [7, 11) is 0. The molecule has 0 saturated carbocycles. The molecule has 1 aromatic heterocycles. The van der Waals surface area contributed by atoms with E-state index in [-0.39, 0.29) is 6.04 Å². The Morgan fingerprint density at radius 3 is 2.62 bits per heavy atom. The summed E-state index contributed by atoms with van der Waals surface area (Å²) in [5, 5.41) is 0. The second-order valence-electron chi connectivity index (χ2n) is 3.12. The van der Waals surface area contributed by atoms with Crippen LogP contribution in [0.1, 0.15) is 37.6 Å². The first kappa shape index (κ1) is 10.6. The Balaban J connectivity index is 2.72. The van der Waals surface area contributed by atoms with E-state index in [9.17, 15) is 0 Å². The van der Waals surface area contributed by atoms with Crippen molar-refractivity contribution in [3.63, 3.8) is 0 Å². The highest BCUT2D eigenvalue weighted by molar-refractivity contribution is 7.09. The number of rotatable bonds is 5. The smallest absolute Gasteiger partial charge is 0.0794 e. The zero-order valence-electron chi connectivity index (χ0n) is 8.16. The third-order valence-corrected chi connectivity index (χ3v) is 3.32. The predicted octanol–water partition coefficient (Wildman–Crippen LogP) is 2.08. The normalized spacial score (nSPS) is 13.5. The van der Waals surface area contributed by atoms with E-state index in [1.54, 1.807) is 11.3 Å². The molecule has 0 amide bonds. The van der Waals surface area contributed by atoms with E-state index in [0.717, 1.165) is 12.8 Å². The number of thiazole rings is 1. The van der Waals surface area contributed by atoms with Gasteiger partial charge in [0.05, 0.1) is 11.6 Å². The Labute approximate surface area is 83.3 Å². The van der Waals surface area contributed by atoms with Crippen molar-refractivity contribution >= 4 is 11.3 Å². The van der Waals surface area contributed by atoms with Crippen LogP contribution in [0.15, 0.2) is 11.7 Å². The first-order valence-corrected chi connectivity index (χ1v) is 5.55. The lowest BCUT2D eigenvalue weighted by molar-refractivity contribution is 0.349. The molecule has 13 heavy (non-hydrogen) atoms. The fourth-order valence-corrected chi connectivity index (χ4v) is 2.36. The van der Waals surface area contributed by atoms with E-state index in [4.69, 9.17) is 5.84 Å². The molecule has 1 rings (SSSR count). The molecule has 0 spiro atoms. The molecule has 0 aliphatic heterocycles. The van der Waals surface area contributed by atoms with Crippen LogP contribution < -0.4 is 11.3 Å². The molecule has 0 fully saturated rings. The van der Waals surface area contributed by atoms with Crippen LogP contribution in [0.3, 0.4) is 0 Å². The van der Waals surface area contributed by atoms with E-state index < -0.39 is 0 Å². The summed E-state index contributed by atoms with van der Waals surface area (Å²) >= 11 is 1.66. The molecular weight excluding hydrogens is 182 g/mol. The van der Waals surface area contributed by atoms with Crippen LogP contribution in [0.5, 0.6) is 0 Å². The Morgan fingerprint density at radius 2 is 2.23 bits per heavy atom. The van der Waals surface area contributed by atoms with Crippen molar-refractivity contribution in [3.8, 4) is 0 Å². The standard InChI is InChI=1S/C9H17N3S/c1-3-7(4-2)9(12-10)8-5-11-6-13-8/h5-7,9,12H,3-4,10H2,1-2H3. The quantitative estimate of drug-likeness (QED) is 0.564. The number of aromatic nitrogens is 1. The predicted molar refractivity (Wildman–Crippen MR) is 56.3 cm³/mol. The maximum Gasteiger partial charge on any atom is 0.0794 e. The van der Waals surface area contributed by atoms with Crippen molar-refractivity contribution < 1.29 is 0 Å². The molecule has 1 atom stereocenters. The average Bonchev–Trinajstić information content (AvgIpc) is 2.66. The van der Waals surface area contributed by atoms with Crippen molar-refractivity contribution in [2.75, 3.05) is 0 Å². The molecule has 3 N–H and O–H groups in total. The molecule has 0 aromatic carbocycles. The second kappa shape index (κ2) is 5.32. The van der Waals surface area contributed by atoms with Crippen molar-refractivity contribution in [1.29, 1.82) is 0 Å². The minimum Gasteiger partial charge on any atom is -0.271 e. The molecule has 0 bridgehead atoms. The van der Waals surface area contributed by atoms with Crippen LogP contribution in [0.25, 0.3) is 0 Å². The highest BCUT2D eigenvalue weighted by atomic mass is 32.1. The van der Waals surface area contributed by atoms with Gasteiger partial charge >= 0.3 is 0 Å². The number of nitrogens with two attached hydrogens (primary N) is 1. The third kappa shape index (κ3) is 2.49. The molecular formula is C9H17N3S. The van der Waals surface area contributed by atoms with Crippen molar-refractivity contribution in [2.45, 2.75) is 32.7 Å². The number of hydrogen-bond donors (Lipinski definition) is 2. The zero-order valence-corrected chi connectivity index (χ0v) is 8.97. The molecule has 1 unspecified atom stereocenters. The van der Waals surface area contributed by atoms with Gasteiger partial charge in [-0.1, -0.05) is 26.7 Å². The van der Waals surface area contributed by atoms with Crippen molar-refractivity contribution in [2.24, 2.45) is 11.8 Å². The number of hydrogen-bond acceptors (Lipinski definition) is 4. The lowest BCUT2D eigenvalue weighted by Gasteiger charge is -2.22. The Bertz CT molecular complexity index is 219. The van der Waals surface area contributed by atoms with Crippen molar-refractivity contribution in [1.82, 2.24) is 10.4 Å². The highest BCUT2D eigenvalue weighted by Crippen LogP contribution is 2.28. The largest absolute Gasteiger partial charge is 0.271 e. The van der Waals surface area contributed by atoms with Gasteiger partial charge in [-0.2, -0.15) is 0 Å². The Kier molecular flexibility index (Phi) is 4.35. The van der Waals surface area contributed by atoms with Gasteiger partial charge in [0.2, 0.25) is 0 Å². The fraction of sp³-hybridized carbons (Fsp3) is 0.667. The summed E-state index contributed by atoms with van der Waals surface area (Å²) in [5.74, 6) is 6.15. The summed E-state index contributed by atoms with van der Waals surface area (Å²) in [6, 6.07) is 0.266. The van der Waals surface area contributed by atoms with Crippen molar-refractivity contribution in [3.05, 3.63) is 16.6 Å². The minimum absolute atomic E-state index is 0.266. The Hall–Kier alpha value is -0.450. The maximum atomic E-state index is 5.54.